The Balaban J connectivity index is 2.49. The lowest BCUT2D eigenvalue weighted by atomic mass is 10.2. The summed E-state index contributed by atoms with van der Waals surface area (Å²) in [6, 6.07) is 3.66. The Bertz CT molecular complexity index is 409. The number of carbonyl (C=O) groups excluding carboxylic acids is 2. The number of methoxy groups -OCH3 is 1. The molecule has 1 rings (SSSR count). The fourth-order valence-corrected chi connectivity index (χ4v) is 1.51. The molecule has 0 fully saturated rings. The molecule has 1 aromatic heterocycles. The van der Waals surface area contributed by atoms with Crippen LogP contribution in [0.15, 0.2) is 24.5 Å². The van der Waals surface area contributed by atoms with Gasteiger partial charge in [-0.1, -0.05) is 6.07 Å². The number of nitrogens with one attached hydrogen (secondary N) is 1. The monoisotopic (exact) mass is 265 g/mol. The molecule has 6 heteroatoms. The summed E-state index contributed by atoms with van der Waals surface area (Å²) >= 11 is 0. The largest absolute Gasteiger partial charge is 0.383 e. The number of amides is 2. The average molecular weight is 265 g/mol. The number of hydrogen-bond donors (Lipinski definition) is 1. The highest BCUT2D eigenvalue weighted by molar-refractivity contribution is 5.83. The van der Waals surface area contributed by atoms with Crippen LogP contribution >= 0.6 is 0 Å². The van der Waals surface area contributed by atoms with E-state index < -0.39 is 0 Å². The molecule has 1 heterocycles. The standard InChI is InChI=1S/C13H19N3O3/c1-11(17)16(9-12-4-3-5-14-8-12)10-13(18)15-6-7-19-2/h3-5,8H,6-7,9-10H2,1-2H3,(H,15,18). The van der Waals surface area contributed by atoms with E-state index in [0.29, 0.717) is 19.7 Å². The van der Waals surface area contributed by atoms with E-state index in [2.05, 4.69) is 10.3 Å². The van der Waals surface area contributed by atoms with Gasteiger partial charge in [-0.25, -0.2) is 0 Å². The third-order valence-corrected chi connectivity index (χ3v) is 2.50. The molecule has 1 aromatic rings. The molecular weight excluding hydrogens is 246 g/mol. The van der Waals surface area contributed by atoms with Crippen LogP contribution in [0.1, 0.15) is 12.5 Å². The zero-order valence-electron chi connectivity index (χ0n) is 11.3. The smallest absolute Gasteiger partial charge is 0.239 e. The van der Waals surface area contributed by atoms with Crippen molar-refractivity contribution in [1.82, 2.24) is 15.2 Å². The molecule has 2 amide bonds. The molecule has 6 nitrogen and oxygen atoms in total. The van der Waals surface area contributed by atoms with Gasteiger partial charge in [-0.3, -0.25) is 14.6 Å². The van der Waals surface area contributed by atoms with Gasteiger partial charge in [-0.05, 0) is 11.6 Å². The summed E-state index contributed by atoms with van der Waals surface area (Å²) in [5, 5.41) is 2.68. The summed E-state index contributed by atoms with van der Waals surface area (Å²) in [5.41, 5.74) is 0.891. The number of ether oxygens (including phenoxy) is 1. The van der Waals surface area contributed by atoms with E-state index in [9.17, 15) is 9.59 Å². The molecule has 0 saturated heterocycles. The fourth-order valence-electron chi connectivity index (χ4n) is 1.51. The summed E-state index contributed by atoms with van der Waals surface area (Å²) in [5.74, 6) is -0.345. The van der Waals surface area contributed by atoms with E-state index in [-0.39, 0.29) is 18.4 Å². The molecule has 0 aliphatic rings. The third kappa shape index (κ3) is 5.96. The van der Waals surface area contributed by atoms with Gasteiger partial charge in [0.05, 0.1) is 13.2 Å². The van der Waals surface area contributed by atoms with E-state index >= 15 is 0 Å². The Hall–Kier alpha value is -1.95. The predicted octanol–water partition coefficient (Wildman–Crippen LogP) is 0.193. The topological polar surface area (TPSA) is 71.5 Å². The van der Waals surface area contributed by atoms with Crippen LogP contribution in [0.2, 0.25) is 0 Å². The second-order valence-corrected chi connectivity index (χ2v) is 4.08. The van der Waals surface area contributed by atoms with Crippen molar-refractivity contribution in [1.29, 1.82) is 0 Å². The van der Waals surface area contributed by atoms with Gasteiger partial charge >= 0.3 is 0 Å². The zero-order valence-corrected chi connectivity index (χ0v) is 11.3. The van der Waals surface area contributed by atoms with Crippen molar-refractivity contribution in [3.8, 4) is 0 Å². The van der Waals surface area contributed by atoms with E-state index in [1.165, 1.54) is 11.8 Å². The highest BCUT2D eigenvalue weighted by Crippen LogP contribution is 2.02. The minimum absolute atomic E-state index is 0.0357. The van der Waals surface area contributed by atoms with Crippen molar-refractivity contribution < 1.29 is 14.3 Å². The maximum atomic E-state index is 11.6. The molecule has 19 heavy (non-hydrogen) atoms. The van der Waals surface area contributed by atoms with Crippen molar-refractivity contribution in [2.24, 2.45) is 0 Å². The summed E-state index contributed by atoms with van der Waals surface area (Å²) < 4.78 is 4.84. The number of rotatable bonds is 7. The van der Waals surface area contributed by atoms with Crippen LogP contribution < -0.4 is 5.32 Å². The molecule has 0 saturated carbocycles. The van der Waals surface area contributed by atoms with Gasteiger partial charge < -0.3 is 15.0 Å². The molecule has 0 aromatic carbocycles. The summed E-state index contributed by atoms with van der Waals surface area (Å²) in [6.07, 6.45) is 3.35. The van der Waals surface area contributed by atoms with Gasteiger partial charge in [-0.2, -0.15) is 0 Å². The molecule has 0 spiro atoms. The quantitative estimate of drug-likeness (QED) is 0.715. The van der Waals surface area contributed by atoms with Crippen molar-refractivity contribution in [2.75, 3.05) is 26.8 Å². The molecule has 0 atom stereocenters. The van der Waals surface area contributed by atoms with Crippen molar-refractivity contribution >= 4 is 11.8 Å². The van der Waals surface area contributed by atoms with Crippen LogP contribution in [0.5, 0.6) is 0 Å². The molecule has 0 bridgehead atoms. The predicted molar refractivity (Wildman–Crippen MR) is 70.2 cm³/mol. The number of aromatic nitrogens is 1. The fraction of sp³-hybridized carbons (Fsp3) is 0.462. The normalized spacial score (nSPS) is 10.0. The SMILES string of the molecule is COCCNC(=O)CN(Cc1cccnc1)C(C)=O. The van der Waals surface area contributed by atoms with Crippen LogP contribution in [-0.4, -0.2) is 48.5 Å². The van der Waals surface area contributed by atoms with Crippen molar-refractivity contribution in [3.63, 3.8) is 0 Å². The molecule has 104 valence electrons. The average Bonchev–Trinajstić information content (AvgIpc) is 2.39. The van der Waals surface area contributed by atoms with Gasteiger partial charge in [0.25, 0.3) is 0 Å². The lowest BCUT2D eigenvalue weighted by Crippen LogP contribution is -2.40. The Morgan fingerprint density at radius 2 is 2.26 bits per heavy atom. The van der Waals surface area contributed by atoms with Gasteiger partial charge in [-0.15, -0.1) is 0 Å². The maximum Gasteiger partial charge on any atom is 0.239 e. The molecule has 0 aliphatic heterocycles. The van der Waals surface area contributed by atoms with Gasteiger partial charge in [0.1, 0.15) is 0 Å². The lowest BCUT2D eigenvalue weighted by molar-refractivity contribution is -0.135. The highest BCUT2D eigenvalue weighted by atomic mass is 16.5. The lowest BCUT2D eigenvalue weighted by Gasteiger charge is -2.20. The first-order chi connectivity index (χ1) is 9.13. The first-order valence-electron chi connectivity index (χ1n) is 6.03. The van der Waals surface area contributed by atoms with E-state index in [4.69, 9.17) is 4.74 Å². The van der Waals surface area contributed by atoms with Crippen LogP contribution in [0.3, 0.4) is 0 Å². The maximum absolute atomic E-state index is 11.6. The number of hydrogen-bond acceptors (Lipinski definition) is 4. The molecular formula is C13H19N3O3. The van der Waals surface area contributed by atoms with E-state index in [1.54, 1.807) is 25.6 Å². The van der Waals surface area contributed by atoms with Gasteiger partial charge in [0.2, 0.25) is 11.8 Å². The minimum atomic E-state index is -0.198. The van der Waals surface area contributed by atoms with Crippen LogP contribution in [0.4, 0.5) is 0 Å². The van der Waals surface area contributed by atoms with E-state index in [0.717, 1.165) is 5.56 Å². The summed E-state index contributed by atoms with van der Waals surface area (Å²) in [4.78, 5) is 28.6. The third-order valence-electron chi connectivity index (χ3n) is 2.50. The Morgan fingerprint density at radius 3 is 2.84 bits per heavy atom. The summed E-state index contributed by atoms with van der Waals surface area (Å²) in [6.45, 7) is 2.75. The van der Waals surface area contributed by atoms with Crippen molar-refractivity contribution in [3.05, 3.63) is 30.1 Å². The second-order valence-electron chi connectivity index (χ2n) is 4.08. The van der Waals surface area contributed by atoms with Crippen LogP contribution in [0.25, 0.3) is 0 Å². The molecule has 1 N–H and O–H groups in total. The molecule has 0 radical (unpaired) electrons. The van der Waals surface area contributed by atoms with E-state index in [1.807, 2.05) is 6.07 Å². The Kier molecular flexibility index (Phi) is 6.52. The molecule has 0 aliphatic carbocycles. The summed E-state index contributed by atoms with van der Waals surface area (Å²) in [7, 11) is 1.57. The van der Waals surface area contributed by atoms with Crippen molar-refractivity contribution in [2.45, 2.75) is 13.5 Å². The van der Waals surface area contributed by atoms with Gasteiger partial charge in [0.15, 0.2) is 0 Å². The highest BCUT2D eigenvalue weighted by Gasteiger charge is 2.13. The first kappa shape index (κ1) is 15.1. The van der Waals surface area contributed by atoms with Gasteiger partial charge in [0, 0.05) is 39.5 Å². The van der Waals surface area contributed by atoms with Crippen LogP contribution in [-0.2, 0) is 20.9 Å². The molecule has 0 unspecified atom stereocenters. The minimum Gasteiger partial charge on any atom is -0.383 e. The zero-order chi connectivity index (χ0) is 14.1. The Labute approximate surface area is 112 Å². The number of carbonyl (C=O) groups is 2. The Morgan fingerprint density at radius 1 is 1.47 bits per heavy atom. The van der Waals surface area contributed by atoms with Crippen LogP contribution in [0, 0.1) is 0 Å². The second kappa shape index (κ2) is 8.20. The first-order valence-corrected chi connectivity index (χ1v) is 6.03. The number of pyridine rings is 1. The number of nitrogens with zero attached hydrogens (tertiary/aromatic N) is 2.